The molecule has 0 bridgehead atoms. The molecule has 0 fully saturated rings. The van der Waals surface area contributed by atoms with Crippen LogP contribution in [0.4, 0.5) is 3.89 Å². The maximum atomic E-state index is 12.4. The van der Waals surface area contributed by atoms with Gasteiger partial charge in [0.05, 0.1) is 11.8 Å². The van der Waals surface area contributed by atoms with E-state index >= 15 is 0 Å². The molecule has 0 amide bonds. The van der Waals surface area contributed by atoms with Gasteiger partial charge in [-0.2, -0.15) is 8.42 Å². The predicted octanol–water partition coefficient (Wildman–Crippen LogP) is 1.67. The van der Waals surface area contributed by atoms with Crippen LogP contribution >= 0.6 is 0 Å². The summed E-state index contributed by atoms with van der Waals surface area (Å²) in [7, 11) is -4.54. The average Bonchev–Trinajstić information content (AvgIpc) is 1.99. The third kappa shape index (κ3) is 4.73. The van der Waals surface area contributed by atoms with E-state index in [1.807, 2.05) is 13.8 Å². The largest absolute Gasteiger partial charge is 0.475 e. The van der Waals surface area contributed by atoms with Crippen molar-refractivity contribution in [2.45, 2.75) is 25.7 Å². The van der Waals surface area contributed by atoms with Gasteiger partial charge in [0.2, 0.25) is 5.88 Å². The summed E-state index contributed by atoms with van der Waals surface area (Å²) in [5.41, 5.74) is 0.135. The average molecular weight is 233 g/mol. The molecule has 0 unspecified atom stereocenters. The van der Waals surface area contributed by atoms with Gasteiger partial charge in [-0.25, -0.2) is 4.98 Å². The van der Waals surface area contributed by atoms with Crippen LogP contribution in [0.15, 0.2) is 18.2 Å². The molecule has 1 heterocycles. The Labute approximate surface area is 88.3 Å². The van der Waals surface area contributed by atoms with Gasteiger partial charge in [-0.15, -0.1) is 3.89 Å². The lowest BCUT2D eigenvalue weighted by atomic mass is 10.4. The molecule has 1 aromatic rings. The van der Waals surface area contributed by atoms with Gasteiger partial charge in [0.25, 0.3) is 0 Å². The highest BCUT2D eigenvalue weighted by Gasteiger charge is 2.10. The lowest BCUT2D eigenvalue weighted by Crippen LogP contribution is -2.08. The molecule has 0 saturated carbocycles. The Morgan fingerprint density at radius 2 is 2.13 bits per heavy atom. The first-order valence-corrected chi connectivity index (χ1v) is 5.97. The maximum absolute atomic E-state index is 12.4. The summed E-state index contributed by atoms with van der Waals surface area (Å²) in [5.74, 6) is -0.423. The standard InChI is InChI=1S/C9H12FNO3S/c1-7(2)14-9-5-3-4-8(11-9)6-15(10,12)13/h3-5,7H,6H2,1-2H3. The Hall–Kier alpha value is -1.17. The highest BCUT2D eigenvalue weighted by atomic mass is 32.3. The van der Waals surface area contributed by atoms with Crippen molar-refractivity contribution in [2.24, 2.45) is 0 Å². The van der Waals surface area contributed by atoms with E-state index in [1.54, 1.807) is 12.1 Å². The van der Waals surface area contributed by atoms with Gasteiger partial charge in [-0.05, 0) is 19.9 Å². The predicted molar refractivity (Wildman–Crippen MR) is 53.7 cm³/mol. The second kappa shape index (κ2) is 4.57. The zero-order chi connectivity index (χ0) is 11.5. The van der Waals surface area contributed by atoms with E-state index in [0.29, 0.717) is 5.88 Å². The monoisotopic (exact) mass is 233 g/mol. The van der Waals surface area contributed by atoms with E-state index in [9.17, 15) is 12.3 Å². The fourth-order valence-corrected chi connectivity index (χ4v) is 1.54. The second-order valence-corrected chi connectivity index (χ2v) is 4.68. The summed E-state index contributed by atoms with van der Waals surface area (Å²) in [5, 5.41) is 0. The van der Waals surface area contributed by atoms with Crippen molar-refractivity contribution < 1.29 is 17.0 Å². The number of ether oxygens (including phenoxy) is 1. The van der Waals surface area contributed by atoms with Gasteiger partial charge >= 0.3 is 10.2 Å². The van der Waals surface area contributed by atoms with Crippen molar-refractivity contribution in [1.82, 2.24) is 4.98 Å². The van der Waals surface area contributed by atoms with Gasteiger partial charge in [-0.1, -0.05) is 6.07 Å². The van der Waals surface area contributed by atoms with Crippen LogP contribution in [0.5, 0.6) is 5.88 Å². The number of aromatic nitrogens is 1. The van der Waals surface area contributed by atoms with E-state index in [0.717, 1.165) is 0 Å². The van der Waals surface area contributed by atoms with Crippen molar-refractivity contribution in [3.63, 3.8) is 0 Å². The van der Waals surface area contributed by atoms with Gasteiger partial charge < -0.3 is 4.74 Å². The van der Waals surface area contributed by atoms with Crippen LogP contribution in [-0.2, 0) is 16.0 Å². The van der Waals surface area contributed by atoms with E-state index < -0.39 is 16.0 Å². The fourth-order valence-electron chi connectivity index (χ4n) is 1.02. The molecule has 15 heavy (non-hydrogen) atoms. The smallest absolute Gasteiger partial charge is 0.308 e. The van der Waals surface area contributed by atoms with Crippen molar-refractivity contribution in [1.29, 1.82) is 0 Å². The molecule has 0 radical (unpaired) electrons. The molecule has 0 aliphatic rings. The SMILES string of the molecule is CC(C)Oc1cccc(CS(=O)(=O)F)n1. The molecule has 0 atom stereocenters. The Kier molecular flexibility index (Phi) is 3.62. The fraction of sp³-hybridized carbons (Fsp3) is 0.444. The summed E-state index contributed by atoms with van der Waals surface area (Å²) in [6.45, 7) is 3.64. The Morgan fingerprint density at radius 3 is 2.67 bits per heavy atom. The maximum Gasteiger partial charge on any atom is 0.308 e. The molecule has 0 aliphatic carbocycles. The minimum absolute atomic E-state index is 0.0604. The lowest BCUT2D eigenvalue weighted by Gasteiger charge is -2.08. The van der Waals surface area contributed by atoms with Crippen molar-refractivity contribution in [3.05, 3.63) is 23.9 Å². The summed E-state index contributed by atoms with van der Waals surface area (Å²) >= 11 is 0. The Morgan fingerprint density at radius 1 is 1.47 bits per heavy atom. The molecule has 0 spiro atoms. The molecule has 1 aromatic heterocycles. The van der Waals surface area contributed by atoms with Crippen LogP contribution in [0.25, 0.3) is 0 Å². The molecule has 0 aromatic carbocycles. The second-order valence-electron chi connectivity index (χ2n) is 3.32. The van der Waals surface area contributed by atoms with Crippen LogP contribution in [0.2, 0.25) is 0 Å². The molecule has 84 valence electrons. The van der Waals surface area contributed by atoms with Crippen LogP contribution in [0, 0.1) is 0 Å². The molecule has 4 nitrogen and oxygen atoms in total. The summed E-state index contributed by atoms with van der Waals surface area (Å²) in [6.07, 6.45) is -0.0604. The van der Waals surface area contributed by atoms with Crippen LogP contribution < -0.4 is 4.74 Å². The molecule has 0 aliphatic heterocycles. The minimum atomic E-state index is -4.54. The van der Waals surface area contributed by atoms with Gasteiger partial charge in [0, 0.05) is 6.07 Å². The van der Waals surface area contributed by atoms with E-state index in [1.165, 1.54) is 6.07 Å². The van der Waals surface area contributed by atoms with Crippen LogP contribution in [0.1, 0.15) is 19.5 Å². The third-order valence-electron chi connectivity index (χ3n) is 1.46. The highest BCUT2D eigenvalue weighted by Crippen LogP contribution is 2.12. The number of hydrogen-bond donors (Lipinski definition) is 0. The quantitative estimate of drug-likeness (QED) is 0.742. The van der Waals surface area contributed by atoms with Crippen molar-refractivity contribution >= 4 is 10.2 Å². The molecule has 0 N–H and O–H groups in total. The highest BCUT2D eigenvalue weighted by molar-refractivity contribution is 7.85. The summed E-state index contributed by atoms with van der Waals surface area (Å²) in [4.78, 5) is 3.86. The zero-order valence-corrected chi connectivity index (χ0v) is 9.29. The van der Waals surface area contributed by atoms with Gasteiger partial charge in [0.1, 0.15) is 5.75 Å². The molecular weight excluding hydrogens is 221 g/mol. The summed E-state index contributed by atoms with van der Waals surface area (Å²) < 4.78 is 38.4. The third-order valence-corrected chi connectivity index (χ3v) is 2.10. The first-order chi connectivity index (χ1) is 6.87. The first kappa shape index (κ1) is 11.9. The normalized spacial score (nSPS) is 11.7. The number of hydrogen-bond acceptors (Lipinski definition) is 4. The van der Waals surface area contributed by atoms with Gasteiger partial charge in [0.15, 0.2) is 0 Å². The minimum Gasteiger partial charge on any atom is -0.475 e. The Balaban J connectivity index is 2.83. The zero-order valence-electron chi connectivity index (χ0n) is 8.47. The number of rotatable bonds is 4. The van der Waals surface area contributed by atoms with Crippen molar-refractivity contribution in [3.8, 4) is 5.88 Å². The van der Waals surface area contributed by atoms with E-state index in [2.05, 4.69) is 4.98 Å². The van der Waals surface area contributed by atoms with E-state index in [-0.39, 0.29) is 11.8 Å². The van der Waals surface area contributed by atoms with Gasteiger partial charge in [-0.3, -0.25) is 0 Å². The first-order valence-electron chi connectivity index (χ1n) is 4.42. The number of nitrogens with zero attached hydrogens (tertiary/aromatic N) is 1. The molecule has 6 heteroatoms. The van der Waals surface area contributed by atoms with Crippen LogP contribution in [0.3, 0.4) is 0 Å². The molecule has 0 saturated heterocycles. The van der Waals surface area contributed by atoms with Crippen LogP contribution in [-0.4, -0.2) is 19.5 Å². The topological polar surface area (TPSA) is 56.3 Å². The van der Waals surface area contributed by atoms with E-state index in [4.69, 9.17) is 4.74 Å². The number of halogens is 1. The lowest BCUT2D eigenvalue weighted by molar-refractivity contribution is 0.232. The van der Waals surface area contributed by atoms with Crippen molar-refractivity contribution in [2.75, 3.05) is 0 Å². The number of pyridine rings is 1. The molecular formula is C9H12FNO3S. The molecule has 1 rings (SSSR count). The Bertz CT molecular complexity index is 431. The summed E-state index contributed by atoms with van der Waals surface area (Å²) in [6, 6.07) is 4.60.